The fourth-order valence-corrected chi connectivity index (χ4v) is 1.86. The van der Waals surface area contributed by atoms with Crippen LogP contribution in [0, 0.1) is 10.1 Å². The van der Waals surface area contributed by atoms with E-state index >= 15 is 0 Å². The van der Waals surface area contributed by atoms with Gasteiger partial charge in [0, 0.05) is 5.02 Å². The highest BCUT2D eigenvalue weighted by molar-refractivity contribution is 6.30. The lowest BCUT2D eigenvalue weighted by Crippen LogP contribution is -1.96. The molecule has 108 valence electrons. The molecule has 0 aromatic heterocycles. The van der Waals surface area contributed by atoms with Gasteiger partial charge in [-0.05, 0) is 30.3 Å². The predicted octanol–water partition coefficient (Wildman–Crippen LogP) is 3.86. The number of rotatable bonds is 5. The molecule has 2 aromatic carbocycles. The first-order valence-corrected chi connectivity index (χ1v) is 6.18. The SMILES string of the molecule is COc1ccc(Oc2ccc(Cl)cc2C=O)c([N+](=O)[O-])c1. The first kappa shape index (κ1) is 14.8. The molecule has 2 aromatic rings. The zero-order chi connectivity index (χ0) is 15.4. The molecule has 0 aliphatic carbocycles. The molecule has 0 atom stereocenters. The molecule has 0 N–H and O–H groups in total. The van der Waals surface area contributed by atoms with Gasteiger partial charge in [-0.2, -0.15) is 0 Å². The normalized spacial score (nSPS) is 10.0. The minimum absolute atomic E-state index is 0.00576. The number of nitro benzene ring substituents is 1. The number of hydrogen-bond acceptors (Lipinski definition) is 5. The van der Waals surface area contributed by atoms with Crippen LogP contribution in [0.5, 0.6) is 17.2 Å². The molecule has 7 heteroatoms. The van der Waals surface area contributed by atoms with E-state index in [-0.39, 0.29) is 22.7 Å². The van der Waals surface area contributed by atoms with E-state index in [1.807, 2.05) is 0 Å². The molecule has 0 bridgehead atoms. The molecule has 0 saturated carbocycles. The standard InChI is InChI=1S/C14H10ClNO5/c1-20-11-3-5-14(12(7-11)16(18)19)21-13-4-2-10(15)6-9(13)8-17/h2-8H,1H3. The third-order valence-electron chi connectivity index (χ3n) is 2.68. The van der Waals surface area contributed by atoms with Crippen LogP contribution in [0.25, 0.3) is 0 Å². The van der Waals surface area contributed by atoms with Crippen molar-refractivity contribution in [1.29, 1.82) is 0 Å². The molecule has 0 aliphatic rings. The summed E-state index contributed by atoms with van der Waals surface area (Å²) in [5.74, 6) is 0.523. The molecular formula is C14H10ClNO5. The number of aldehydes is 1. The van der Waals surface area contributed by atoms with Crippen molar-refractivity contribution in [1.82, 2.24) is 0 Å². The Morgan fingerprint density at radius 3 is 2.52 bits per heavy atom. The molecule has 0 aliphatic heterocycles. The Labute approximate surface area is 125 Å². The van der Waals surface area contributed by atoms with Crippen molar-refractivity contribution in [3.05, 3.63) is 57.1 Å². The van der Waals surface area contributed by atoms with Crippen LogP contribution < -0.4 is 9.47 Å². The molecule has 0 unspecified atom stereocenters. The van der Waals surface area contributed by atoms with Crippen LogP contribution in [-0.4, -0.2) is 18.3 Å². The highest BCUT2D eigenvalue weighted by Gasteiger charge is 2.18. The highest BCUT2D eigenvalue weighted by atomic mass is 35.5. The maximum absolute atomic E-state index is 11.1. The number of carbonyl (C=O) groups excluding carboxylic acids is 1. The van der Waals surface area contributed by atoms with Crippen LogP contribution in [-0.2, 0) is 0 Å². The average Bonchev–Trinajstić information content (AvgIpc) is 2.49. The average molecular weight is 308 g/mol. The van der Waals surface area contributed by atoms with Crippen LogP contribution in [0.3, 0.4) is 0 Å². The zero-order valence-corrected chi connectivity index (χ0v) is 11.7. The first-order chi connectivity index (χ1) is 10.0. The highest BCUT2D eigenvalue weighted by Crippen LogP contribution is 2.35. The Hall–Kier alpha value is -2.60. The van der Waals surface area contributed by atoms with Gasteiger partial charge in [-0.1, -0.05) is 11.6 Å². The summed E-state index contributed by atoms with van der Waals surface area (Å²) >= 11 is 5.78. The molecular weight excluding hydrogens is 298 g/mol. The zero-order valence-electron chi connectivity index (χ0n) is 10.9. The van der Waals surface area contributed by atoms with Crippen molar-refractivity contribution < 1.29 is 19.2 Å². The number of methoxy groups -OCH3 is 1. The summed E-state index contributed by atoms with van der Waals surface area (Å²) in [5.41, 5.74) is -0.0613. The molecule has 0 fully saturated rings. The van der Waals surface area contributed by atoms with E-state index in [0.29, 0.717) is 17.1 Å². The van der Waals surface area contributed by atoms with Gasteiger partial charge in [-0.15, -0.1) is 0 Å². The lowest BCUT2D eigenvalue weighted by Gasteiger charge is -2.09. The maximum Gasteiger partial charge on any atom is 0.315 e. The summed E-state index contributed by atoms with van der Waals surface area (Å²) < 4.78 is 10.4. The number of nitro groups is 1. The van der Waals surface area contributed by atoms with Gasteiger partial charge in [0.25, 0.3) is 0 Å². The number of halogens is 1. The Morgan fingerprint density at radius 2 is 1.90 bits per heavy atom. The summed E-state index contributed by atoms with van der Waals surface area (Å²) in [6.45, 7) is 0. The second kappa shape index (κ2) is 6.23. The predicted molar refractivity (Wildman–Crippen MR) is 76.6 cm³/mol. The van der Waals surface area contributed by atoms with Crippen molar-refractivity contribution in [3.63, 3.8) is 0 Å². The molecule has 0 heterocycles. The van der Waals surface area contributed by atoms with Crippen LogP contribution in [0.15, 0.2) is 36.4 Å². The number of benzene rings is 2. The fourth-order valence-electron chi connectivity index (χ4n) is 1.68. The minimum Gasteiger partial charge on any atom is -0.496 e. The number of carbonyl (C=O) groups is 1. The van der Waals surface area contributed by atoms with Gasteiger partial charge in [0.05, 0.1) is 23.7 Å². The molecule has 0 radical (unpaired) electrons. The van der Waals surface area contributed by atoms with Gasteiger partial charge < -0.3 is 9.47 Å². The van der Waals surface area contributed by atoms with Crippen molar-refractivity contribution >= 4 is 23.6 Å². The summed E-state index contributed by atoms with van der Waals surface area (Å²) in [4.78, 5) is 21.5. The van der Waals surface area contributed by atoms with E-state index in [9.17, 15) is 14.9 Å². The number of nitrogens with zero attached hydrogens (tertiary/aromatic N) is 1. The second-order valence-electron chi connectivity index (χ2n) is 3.99. The van der Waals surface area contributed by atoms with Crippen LogP contribution in [0.1, 0.15) is 10.4 Å². The quantitative estimate of drug-likeness (QED) is 0.476. The summed E-state index contributed by atoms with van der Waals surface area (Å²) in [7, 11) is 1.41. The summed E-state index contributed by atoms with van der Waals surface area (Å²) in [5, 5.41) is 11.4. The monoisotopic (exact) mass is 307 g/mol. The lowest BCUT2D eigenvalue weighted by atomic mass is 10.2. The Bertz CT molecular complexity index is 702. The lowest BCUT2D eigenvalue weighted by molar-refractivity contribution is -0.385. The van der Waals surface area contributed by atoms with Crippen molar-refractivity contribution in [3.8, 4) is 17.2 Å². The van der Waals surface area contributed by atoms with E-state index in [2.05, 4.69) is 0 Å². The third kappa shape index (κ3) is 3.29. The minimum atomic E-state index is -0.589. The van der Waals surface area contributed by atoms with E-state index in [4.69, 9.17) is 21.1 Å². The fraction of sp³-hybridized carbons (Fsp3) is 0.0714. The van der Waals surface area contributed by atoms with Crippen LogP contribution >= 0.6 is 11.6 Å². The second-order valence-corrected chi connectivity index (χ2v) is 4.43. The van der Waals surface area contributed by atoms with E-state index in [1.165, 1.54) is 43.5 Å². The van der Waals surface area contributed by atoms with Crippen molar-refractivity contribution in [2.45, 2.75) is 0 Å². The molecule has 6 nitrogen and oxygen atoms in total. The number of ether oxygens (including phenoxy) is 2. The molecule has 2 rings (SSSR count). The molecule has 0 amide bonds. The van der Waals surface area contributed by atoms with Crippen molar-refractivity contribution in [2.24, 2.45) is 0 Å². The first-order valence-electron chi connectivity index (χ1n) is 5.80. The van der Waals surface area contributed by atoms with Gasteiger partial charge in [0.1, 0.15) is 11.5 Å². The Kier molecular flexibility index (Phi) is 4.39. The van der Waals surface area contributed by atoms with Crippen molar-refractivity contribution in [2.75, 3.05) is 7.11 Å². The third-order valence-corrected chi connectivity index (χ3v) is 2.92. The molecule has 0 spiro atoms. The van der Waals surface area contributed by atoms with Crippen LogP contribution in [0.4, 0.5) is 5.69 Å². The largest absolute Gasteiger partial charge is 0.496 e. The van der Waals surface area contributed by atoms with E-state index in [1.54, 1.807) is 0 Å². The van der Waals surface area contributed by atoms with E-state index in [0.717, 1.165) is 0 Å². The van der Waals surface area contributed by atoms with Gasteiger partial charge in [-0.3, -0.25) is 14.9 Å². The van der Waals surface area contributed by atoms with Gasteiger partial charge >= 0.3 is 5.69 Å². The summed E-state index contributed by atoms with van der Waals surface area (Å²) in [6, 6.07) is 8.59. The Balaban J connectivity index is 2.44. The van der Waals surface area contributed by atoms with E-state index < -0.39 is 4.92 Å². The smallest absolute Gasteiger partial charge is 0.315 e. The van der Waals surface area contributed by atoms with Crippen LogP contribution in [0.2, 0.25) is 5.02 Å². The van der Waals surface area contributed by atoms with Gasteiger partial charge in [-0.25, -0.2) is 0 Å². The molecule has 0 saturated heterocycles. The van der Waals surface area contributed by atoms with Gasteiger partial charge in [0.2, 0.25) is 5.75 Å². The molecule has 21 heavy (non-hydrogen) atoms. The topological polar surface area (TPSA) is 78.7 Å². The maximum atomic E-state index is 11.1. The van der Waals surface area contributed by atoms with Gasteiger partial charge in [0.15, 0.2) is 6.29 Å². The number of hydrogen-bond donors (Lipinski definition) is 0. The summed E-state index contributed by atoms with van der Waals surface area (Å²) in [6.07, 6.45) is 0.566. The Morgan fingerprint density at radius 1 is 1.19 bits per heavy atom.